The third kappa shape index (κ3) is 3.38. The molecule has 1 amide bonds. The van der Waals surface area contributed by atoms with Crippen LogP contribution in [0.25, 0.3) is 11.1 Å². The maximum atomic E-state index is 11.6. The molecule has 2 rings (SSSR count). The van der Waals surface area contributed by atoms with Gasteiger partial charge in [-0.25, -0.2) is 0 Å². The van der Waals surface area contributed by atoms with Crippen molar-refractivity contribution in [2.75, 3.05) is 11.9 Å². The van der Waals surface area contributed by atoms with E-state index in [1.165, 1.54) is 0 Å². The van der Waals surface area contributed by atoms with Crippen LogP contribution in [0.5, 0.6) is 0 Å². The summed E-state index contributed by atoms with van der Waals surface area (Å²) in [6, 6.07) is 15.5. The Morgan fingerprint density at radius 3 is 2.55 bits per heavy atom. The van der Waals surface area contributed by atoms with E-state index in [9.17, 15) is 4.79 Å². The minimum absolute atomic E-state index is 0.399. The molecule has 20 heavy (non-hydrogen) atoms. The van der Waals surface area contributed by atoms with Crippen LogP contribution in [0.4, 0.5) is 5.69 Å². The molecule has 3 N–H and O–H groups in total. The molecule has 2 aromatic rings. The van der Waals surface area contributed by atoms with E-state index in [4.69, 9.17) is 5.73 Å². The summed E-state index contributed by atoms with van der Waals surface area (Å²) < 4.78 is 0. The maximum Gasteiger partial charge on any atom is 0.249 e. The largest absolute Gasteiger partial charge is 0.385 e. The standard InChI is InChI=1S/C17H20N2O/c1-2-3-11-19-14-9-10-15(17(18)20)16(12-14)13-7-5-4-6-8-13/h4-10,12,19H,2-3,11H2,1H3,(H2,18,20). The molecule has 3 heteroatoms. The summed E-state index contributed by atoms with van der Waals surface area (Å²) >= 11 is 0. The molecule has 0 unspecified atom stereocenters. The first-order valence-electron chi connectivity index (χ1n) is 6.95. The Bertz CT molecular complexity index is 579. The van der Waals surface area contributed by atoms with Crippen molar-refractivity contribution in [1.82, 2.24) is 0 Å². The van der Waals surface area contributed by atoms with E-state index in [0.717, 1.165) is 36.2 Å². The molecule has 0 saturated carbocycles. The summed E-state index contributed by atoms with van der Waals surface area (Å²) in [6.45, 7) is 3.09. The van der Waals surface area contributed by atoms with Crippen LogP contribution in [0.2, 0.25) is 0 Å². The number of benzene rings is 2. The van der Waals surface area contributed by atoms with Gasteiger partial charge in [0.1, 0.15) is 0 Å². The molecular formula is C17H20N2O. The number of anilines is 1. The van der Waals surface area contributed by atoms with Crippen molar-refractivity contribution in [2.24, 2.45) is 5.73 Å². The Labute approximate surface area is 119 Å². The van der Waals surface area contributed by atoms with E-state index >= 15 is 0 Å². The third-order valence-corrected chi connectivity index (χ3v) is 3.23. The van der Waals surface area contributed by atoms with Crippen LogP contribution in [0.15, 0.2) is 48.5 Å². The molecule has 0 bridgehead atoms. The summed E-state index contributed by atoms with van der Waals surface area (Å²) in [5, 5.41) is 3.37. The van der Waals surface area contributed by atoms with E-state index in [1.54, 1.807) is 6.07 Å². The van der Waals surface area contributed by atoms with Crippen LogP contribution in [0.1, 0.15) is 30.1 Å². The number of carbonyl (C=O) groups is 1. The first-order chi connectivity index (χ1) is 9.72. The molecule has 104 valence electrons. The van der Waals surface area contributed by atoms with E-state index < -0.39 is 5.91 Å². The molecule has 0 aliphatic rings. The second-order valence-corrected chi connectivity index (χ2v) is 4.77. The molecule has 3 nitrogen and oxygen atoms in total. The fourth-order valence-electron chi connectivity index (χ4n) is 2.14. The van der Waals surface area contributed by atoms with Crippen molar-refractivity contribution in [3.63, 3.8) is 0 Å². The number of amides is 1. The highest BCUT2D eigenvalue weighted by Crippen LogP contribution is 2.26. The summed E-state index contributed by atoms with van der Waals surface area (Å²) in [6.07, 6.45) is 2.27. The predicted octanol–water partition coefficient (Wildman–Crippen LogP) is 3.66. The zero-order valence-corrected chi connectivity index (χ0v) is 11.7. The van der Waals surface area contributed by atoms with Gasteiger partial charge in [-0.05, 0) is 35.7 Å². The summed E-state index contributed by atoms with van der Waals surface area (Å²) in [5.41, 5.74) is 8.91. The van der Waals surface area contributed by atoms with Crippen LogP contribution in [-0.4, -0.2) is 12.5 Å². The molecule has 0 aliphatic carbocycles. The molecule has 0 spiro atoms. The van der Waals surface area contributed by atoms with Crippen LogP contribution >= 0.6 is 0 Å². The number of unbranched alkanes of at least 4 members (excludes halogenated alkanes) is 1. The number of hydrogen-bond donors (Lipinski definition) is 2. The lowest BCUT2D eigenvalue weighted by Crippen LogP contribution is -2.13. The van der Waals surface area contributed by atoms with Gasteiger partial charge in [-0.15, -0.1) is 0 Å². The van der Waals surface area contributed by atoms with Crippen molar-refractivity contribution in [2.45, 2.75) is 19.8 Å². The highest BCUT2D eigenvalue weighted by atomic mass is 16.1. The molecule has 0 atom stereocenters. The maximum absolute atomic E-state index is 11.6. The fourth-order valence-corrected chi connectivity index (χ4v) is 2.14. The van der Waals surface area contributed by atoms with E-state index in [-0.39, 0.29) is 0 Å². The van der Waals surface area contributed by atoms with E-state index in [2.05, 4.69) is 12.2 Å². The SMILES string of the molecule is CCCCNc1ccc(C(N)=O)c(-c2ccccc2)c1. The van der Waals surface area contributed by atoms with Crippen molar-refractivity contribution in [1.29, 1.82) is 0 Å². The van der Waals surface area contributed by atoms with Gasteiger partial charge in [0.2, 0.25) is 5.91 Å². The molecule has 0 aromatic heterocycles. The van der Waals surface area contributed by atoms with Gasteiger partial charge < -0.3 is 11.1 Å². The summed E-state index contributed by atoms with van der Waals surface area (Å²) in [5.74, 6) is -0.399. The number of carbonyl (C=O) groups excluding carboxylic acids is 1. The Morgan fingerprint density at radius 1 is 1.15 bits per heavy atom. The van der Waals surface area contributed by atoms with Gasteiger partial charge in [0.15, 0.2) is 0 Å². The highest BCUT2D eigenvalue weighted by molar-refractivity contribution is 6.00. The number of hydrogen-bond acceptors (Lipinski definition) is 2. The molecular weight excluding hydrogens is 248 g/mol. The van der Waals surface area contributed by atoms with Crippen LogP contribution in [0.3, 0.4) is 0 Å². The lowest BCUT2D eigenvalue weighted by molar-refractivity contribution is 0.100. The molecule has 0 fully saturated rings. The Morgan fingerprint density at radius 2 is 1.90 bits per heavy atom. The Kier molecular flexibility index (Phi) is 4.77. The summed E-state index contributed by atoms with van der Waals surface area (Å²) in [7, 11) is 0. The van der Waals surface area contributed by atoms with Gasteiger partial charge in [0, 0.05) is 17.8 Å². The monoisotopic (exact) mass is 268 g/mol. The minimum atomic E-state index is -0.399. The van der Waals surface area contributed by atoms with Crippen molar-refractivity contribution >= 4 is 11.6 Å². The van der Waals surface area contributed by atoms with Crippen molar-refractivity contribution in [3.05, 3.63) is 54.1 Å². The zero-order valence-electron chi connectivity index (χ0n) is 11.7. The Hall–Kier alpha value is -2.29. The van der Waals surface area contributed by atoms with Gasteiger partial charge >= 0.3 is 0 Å². The Balaban J connectivity index is 2.35. The lowest BCUT2D eigenvalue weighted by atomic mass is 9.98. The first kappa shape index (κ1) is 14.1. The normalized spacial score (nSPS) is 10.2. The number of nitrogens with one attached hydrogen (secondary N) is 1. The smallest absolute Gasteiger partial charge is 0.249 e. The number of nitrogens with two attached hydrogens (primary N) is 1. The molecule has 0 aliphatic heterocycles. The number of primary amides is 1. The minimum Gasteiger partial charge on any atom is -0.385 e. The second kappa shape index (κ2) is 6.75. The highest BCUT2D eigenvalue weighted by Gasteiger charge is 2.10. The molecule has 2 aromatic carbocycles. The first-order valence-corrected chi connectivity index (χ1v) is 6.95. The van der Waals surface area contributed by atoms with Gasteiger partial charge in [-0.1, -0.05) is 43.7 Å². The van der Waals surface area contributed by atoms with Gasteiger partial charge in [0.05, 0.1) is 0 Å². The van der Waals surface area contributed by atoms with Crippen molar-refractivity contribution < 1.29 is 4.79 Å². The molecule has 0 saturated heterocycles. The van der Waals surface area contributed by atoms with Gasteiger partial charge in [-0.2, -0.15) is 0 Å². The zero-order chi connectivity index (χ0) is 14.4. The van der Waals surface area contributed by atoms with Crippen LogP contribution < -0.4 is 11.1 Å². The van der Waals surface area contributed by atoms with E-state index in [1.807, 2.05) is 42.5 Å². The van der Waals surface area contributed by atoms with Crippen LogP contribution in [0, 0.1) is 0 Å². The van der Waals surface area contributed by atoms with Gasteiger partial charge in [0.25, 0.3) is 0 Å². The lowest BCUT2D eigenvalue weighted by Gasteiger charge is -2.11. The molecule has 0 radical (unpaired) electrons. The van der Waals surface area contributed by atoms with Crippen molar-refractivity contribution in [3.8, 4) is 11.1 Å². The average molecular weight is 268 g/mol. The van der Waals surface area contributed by atoms with Crippen LogP contribution in [-0.2, 0) is 0 Å². The second-order valence-electron chi connectivity index (χ2n) is 4.77. The average Bonchev–Trinajstić information content (AvgIpc) is 2.48. The third-order valence-electron chi connectivity index (χ3n) is 3.23. The number of rotatable bonds is 6. The van der Waals surface area contributed by atoms with E-state index in [0.29, 0.717) is 5.56 Å². The topological polar surface area (TPSA) is 55.1 Å². The summed E-state index contributed by atoms with van der Waals surface area (Å²) in [4.78, 5) is 11.6. The van der Waals surface area contributed by atoms with Gasteiger partial charge in [-0.3, -0.25) is 4.79 Å². The fraction of sp³-hybridized carbons (Fsp3) is 0.235. The molecule has 0 heterocycles. The quantitative estimate of drug-likeness (QED) is 0.785. The predicted molar refractivity (Wildman–Crippen MR) is 83.8 cm³/mol.